The number of rotatable bonds is 5. The van der Waals surface area contributed by atoms with E-state index in [1.807, 2.05) is 25.4 Å². The molecule has 1 atom stereocenters. The molecular formula is C23H29N5O2. The molecule has 4 rings (SSSR count). The van der Waals surface area contributed by atoms with Gasteiger partial charge in [0, 0.05) is 36.6 Å². The number of aryl methyl sites for hydroxylation is 1. The molecule has 1 fully saturated rings. The van der Waals surface area contributed by atoms with Crippen LogP contribution in [0.5, 0.6) is 0 Å². The van der Waals surface area contributed by atoms with Crippen LogP contribution in [-0.2, 0) is 4.74 Å². The topological polar surface area (TPSA) is 73.1 Å². The van der Waals surface area contributed by atoms with E-state index < -0.39 is 0 Å². The first-order valence-electron chi connectivity index (χ1n) is 10.7. The Bertz CT molecular complexity index is 1060. The van der Waals surface area contributed by atoms with E-state index in [9.17, 15) is 4.79 Å². The molecule has 3 aromatic rings. The summed E-state index contributed by atoms with van der Waals surface area (Å²) >= 11 is 0. The minimum atomic E-state index is -0.323. The Morgan fingerprint density at radius 1 is 1.33 bits per heavy atom. The average molecular weight is 408 g/mol. The number of ether oxygens (including phenoxy) is 1. The van der Waals surface area contributed by atoms with E-state index in [2.05, 4.69) is 51.5 Å². The molecule has 7 heteroatoms. The zero-order valence-electron chi connectivity index (χ0n) is 18.1. The average Bonchev–Trinajstić information content (AvgIpc) is 3.23. The SMILES string of the molecule is CCOC(=O)c1cnc2ccc(C)cc2c1N1CCCC(c2nncn2C(C)C)C1. The van der Waals surface area contributed by atoms with Gasteiger partial charge in [0.15, 0.2) is 0 Å². The Hall–Kier alpha value is -2.96. The van der Waals surface area contributed by atoms with Gasteiger partial charge in [0.05, 0.1) is 17.8 Å². The maximum atomic E-state index is 12.8. The lowest BCUT2D eigenvalue weighted by Gasteiger charge is -2.35. The van der Waals surface area contributed by atoms with Gasteiger partial charge in [-0.25, -0.2) is 4.79 Å². The Morgan fingerprint density at radius 3 is 2.93 bits per heavy atom. The first-order valence-corrected chi connectivity index (χ1v) is 10.7. The molecule has 1 aromatic carbocycles. The van der Waals surface area contributed by atoms with Gasteiger partial charge in [0.2, 0.25) is 0 Å². The lowest BCUT2D eigenvalue weighted by molar-refractivity contribution is 0.0526. The molecule has 3 heterocycles. The molecule has 1 aliphatic heterocycles. The van der Waals surface area contributed by atoms with Crippen molar-refractivity contribution in [2.75, 3.05) is 24.6 Å². The maximum absolute atomic E-state index is 12.8. The second-order valence-corrected chi connectivity index (χ2v) is 8.24. The van der Waals surface area contributed by atoms with Crippen LogP contribution < -0.4 is 4.90 Å². The molecule has 0 radical (unpaired) electrons. The van der Waals surface area contributed by atoms with Crippen molar-refractivity contribution in [2.45, 2.75) is 52.5 Å². The molecule has 0 aliphatic carbocycles. The number of nitrogens with zero attached hydrogens (tertiary/aromatic N) is 5. The van der Waals surface area contributed by atoms with Gasteiger partial charge in [0.1, 0.15) is 17.7 Å². The summed E-state index contributed by atoms with van der Waals surface area (Å²) in [6.07, 6.45) is 5.55. The summed E-state index contributed by atoms with van der Waals surface area (Å²) in [6, 6.07) is 6.48. The lowest BCUT2D eigenvalue weighted by atomic mass is 9.95. The third kappa shape index (κ3) is 3.76. The number of anilines is 1. The summed E-state index contributed by atoms with van der Waals surface area (Å²) in [5.74, 6) is 0.949. The van der Waals surface area contributed by atoms with Gasteiger partial charge in [-0.05, 0) is 52.7 Å². The van der Waals surface area contributed by atoms with E-state index in [4.69, 9.17) is 4.74 Å². The molecule has 30 heavy (non-hydrogen) atoms. The molecular weight excluding hydrogens is 378 g/mol. The molecule has 0 spiro atoms. The van der Waals surface area contributed by atoms with Gasteiger partial charge in [-0.1, -0.05) is 11.6 Å². The maximum Gasteiger partial charge on any atom is 0.341 e. The highest BCUT2D eigenvalue weighted by atomic mass is 16.5. The molecule has 0 saturated carbocycles. The number of carbonyl (C=O) groups is 1. The predicted octanol–water partition coefficient (Wildman–Crippen LogP) is 4.28. The lowest BCUT2D eigenvalue weighted by Crippen LogP contribution is -2.36. The Morgan fingerprint density at radius 2 is 2.17 bits per heavy atom. The van der Waals surface area contributed by atoms with Crippen LogP contribution in [0, 0.1) is 6.92 Å². The number of hydrogen-bond acceptors (Lipinski definition) is 6. The standard InChI is InChI=1S/C23H29N5O2/c1-5-30-23(29)19-12-24-20-9-8-16(4)11-18(20)21(19)27-10-6-7-17(13-27)22-26-25-14-28(22)15(2)3/h8-9,11-12,14-15,17H,5-7,10,13H2,1-4H3. The monoisotopic (exact) mass is 407 g/mol. The summed E-state index contributed by atoms with van der Waals surface area (Å²) in [5, 5.41) is 9.59. The number of fused-ring (bicyclic) bond motifs is 1. The predicted molar refractivity (Wildman–Crippen MR) is 117 cm³/mol. The summed E-state index contributed by atoms with van der Waals surface area (Å²) in [6.45, 7) is 10.2. The van der Waals surface area contributed by atoms with Crippen molar-refractivity contribution in [3.05, 3.63) is 47.7 Å². The number of carbonyl (C=O) groups excluding carboxylic acids is 1. The number of piperidine rings is 1. The second kappa shape index (κ2) is 8.42. The zero-order valence-corrected chi connectivity index (χ0v) is 18.1. The third-order valence-corrected chi connectivity index (χ3v) is 5.75. The number of aromatic nitrogens is 4. The van der Waals surface area contributed by atoms with Gasteiger partial charge >= 0.3 is 5.97 Å². The van der Waals surface area contributed by atoms with Crippen LogP contribution in [-0.4, -0.2) is 45.4 Å². The van der Waals surface area contributed by atoms with Gasteiger partial charge in [-0.15, -0.1) is 10.2 Å². The van der Waals surface area contributed by atoms with E-state index in [0.29, 0.717) is 18.2 Å². The highest BCUT2D eigenvalue weighted by Crippen LogP contribution is 2.36. The number of benzene rings is 1. The van der Waals surface area contributed by atoms with Gasteiger partial charge < -0.3 is 14.2 Å². The normalized spacial score (nSPS) is 17.0. The van der Waals surface area contributed by atoms with Gasteiger partial charge in [-0.3, -0.25) is 4.98 Å². The summed E-state index contributed by atoms with van der Waals surface area (Å²) in [7, 11) is 0. The van der Waals surface area contributed by atoms with Crippen LogP contribution in [0.4, 0.5) is 5.69 Å². The molecule has 2 aromatic heterocycles. The van der Waals surface area contributed by atoms with Crippen LogP contribution in [0.25, 0.3) is 10.9 Å². The van der Waals surface area contributed by atoms with Crippen LogP contribution in [0.1, 0.15) is 67.3 Å². The van der Waals surface area contributed by atoms with E-state index in [0.717, 1.165) is 53.9 Å². The molecule has 1 unspecified atom stereocenters. The smallest absolute Gasteiger partial charge is 0.341 e. The molecule has 0 bridgehead atoms. The highest BCUT2D eigenvalue weighted by Gasteiger charge is 2.30. The van der Waals surface area contributed by atoms with Gasteiger partial charge in [0.25, 0.3) is 0 Å². The van der Waals surface area contributed by atoms with E-state index >= 15 is 0 Å². The Kier molecular flexibility index (Phi) is 5.70. The first-order chi connectivity index (χ1) is 14.5. The fourth-order valence-electron chi connectivity index (χ4n) is 4.32. The molecule has 0 amide bonds. The highest BCUT2D eigenvalue weighted by molar-refractivity contribution is 6.05. The molecule has 0 N–H and O–H groups in total. The summed E-state index contributed by atoms with van der Waals surface area (Å²) in [4.78, 5) is 19.6. The van der Waals surface area contributed by atoms with Crippen molar-refractivity contribution in [3.63, 3.8) is 0 Å². The zero-order chi connectivity index (χ0) is 21.3. The van der Waals surface area contributed by atoms with Crippen molar-refractivity contribution < 1.29 is 9.53 Å². The van der Waals surface area contributed by atoms with Crippen LogP contribution in [0.3, 0.4) is 0 Å². The van der Waals surface area contributed by atoms with Crippen molar-refractivity contribution >= 4 is 22.6 Å². The second-order valence-electron chi connectivity index (χ2n) is 8.24. The van der Waals surface area contributed by atoms with Crippen molar-refractivity contribution in [1.29, 1.82) is 0 Å². The minimum absolute atomic E-state index is 0.256. The van der Waals surface area contributed by atoms with E-state index in [-0.39, 0.29) is 11.9 Å². The number of hydrogen-bond donors (Lipinski definition) is 0. The van der Waals surface area contributed by atoms with Gasteiger partial charge in [-0.2, -0.15) is 0 Å². The summed E-state index contributed by atoms with van der Waals surface area (Å²) in [5.41, 5.74) is 3.47. The molecule has 1 saturated heterocycles. The largest absolute Gasteiger partial charge is 0.462 e. The quantitative estimate of drug-likeness (QED) is 0.588. The fraction of sp³-hybridized carbons (Fsp3) is 0.478. The van der Waals surface area contributed by atoms with Crippen LogP contribution >= 0.6 is 0 Å². The van der Waals surface area contributed by atoms with Crippen molar-refractivity contribution in [1.82, 2.24) is 19.7 Å². The van der Waals surface area contributed by atoms with E-state index in [1.165, 1.54) is 0 Å². The number of esters is 1. The Balaban J connectivity index is 1.78. The van der Waals surface area contributed by atoms with Crippen molar-refractivity contribution in [3.8, 4) is 0 Å². The minimum Gasteiger partial charge on any atom is -0.462 e. The summed E-state index contributed by atoms with van der Waals surface area (Å²) < 4.78 is 7.50. The molecule has 1 aliphatic rings. The third-order valence-electron chi connectivity index (χ3n) is 5.75. The first kappa shape index (κ1) is 20.3. The molecule has 7 nitrogen and oxygen atoms in total. The number of pyridine rings is 1. The van der Waals surface area contributed by atoms with Crippen molar-refractivity contribution in [2.24, 2.45) is 0 Å². The Labute approximate surface area is 177 Å². The van der Waals surface area contributed by atoms with Crippen LogP contribution in [0.15, 0.2) is 30.7 Å². The van der Waals surface area contributed by atoms with E-state index in [1.54, 1.807) is 6.20 Å². The fourth-order valence-corrected chi connectivity index (χ4v) is 4.32. The van der Waals surface area contributed by atoms with Crippen LogP contribution in [0.2, 0.25) is 0 Å². The molecule has 158 valence electrons.